The number of rotatable bonds is 12. The maximum Gasteiger partial charge on any atom is -0.00668 e. The highest BCUT2D eigenvalue weighted by molar-refractivity contribution is 8.27. The Morgan fingerprint density at radius 3 is 1.85 bits per heavy atom. The fourth-order valence-corrected chi connectivity index (χ4v) is 3.78. The highest BCUT2D eigenvalue weighted by Gasteiger charge is 1.99. The summed E-state index contributed by atoms with van der Waals surface area (Å²) in [6.45, 7) is 18.6. The van der Waals surface area contributed by atoms with Crippen molar-refractivity contribution < 1.29 is 0 Å². The second-order valence-corrected chi connectivity index (χ2v) is 12.0. The zero-order valence-electron chi connectivity index (χ0n) is 23.7. The van der Waals surface area contributed by atoms with E-state index in [0.29, 0.717) is 0 Å². The molecule has 0 unspecified atom stereocenters. The lowest BCUT2D eigenvalue weighted by Gasteiger charge is -2.04. The molecule has 0 saturated carbocycles. The molecule has 0 aromatic rings. The second kappa shape index (κ2) is 26.8. The first-order chi connectivity index (χ1) is 15.7. The minimum absolute atomic E-state index is 0.696. The van der Waals surface area contributed by atoms with E-state index in [2.05, 4.69) is 82.7 Å². The first kappa shape index (κ1) is 36.1. The van der Waals surface area contributed by atoms with Gasteiger partial charge >= 0.3 is 0 Å². The average Bonchev–Trinajstić information content (AvgIpc) is 3.20. The topological polar surface area (TPSA) is 0 Å². The third kappa shape index (κ3) is 30.5. The number of allylic oxidation sites excluding steroid dienone is 11. The van der Waals surface area contributed by atoms with Crippen molar-refractivity contribution in [2.75, 3.05) is 12.0 Å². The summed E-state index contributed by atoms with van der Waals surface area (Å²) in [6.07, 6.45) is 30.8. The Kier molecular flexibility index (Phi) is 29.3. The zero-order valence-corrected chi connectivity index (χ0v) is 24.5. The molecule has 0 bridgehead atoms. The first-order valence-electron chi connectivity index (χ1n) is 13.2. The van der Waals surface area contributed by atoms with Crippen LogP contribution in [0.25, 0.3) is 0 Å². The molecule has 0 atom stereocenters. The molecule has 1 aliphatic carbocycles. The summed E-state index contributed by atoms with van der Waals surface area (Å²) in [5.41, 5.74) is 3.97. The Bertz CT molecular complexity index is 687. The molecule has 1 heteroatoms. The van der Waals surface area contributed by atoms with Crippen molar-refractivity contribution in [1.29, 1.82) is 0 Å². The van der Waals surface area contributed by atoms with Gasteiger partial charge in [-0.25, -0.2) is 9.21 Å². The Balaban J connectivity index is -0.000000429. The molecule has 0 aromatic heterocycles. The largest absolute Gasteiger partial charge is 0.217 e. The predicted octanol–water partition coefficient (Wildman–Crippen LogP) is 11.0. The van der Waals surface area contributed by atoms with Gasteiger partial charge in [-0.15, -0.1) is 0 Å². The van der Waals surface area contributed by atoms with Crippen LogP contribution in [0, 0.1) is 0 Å². The molecule has 0 aliphatic heterocycles. The van der Waals surface area contributed by atoms with E-state index in [1.165, 1.54) is 73.8 Å². The van der Waals surface area contributed by atoms with Crippen LogP contribution in [0.15, 0.2) is 71.9 Å². The van der Waals surface area contributed by atoms with Gasteiger partial charge in [0.25, 0.3) is 0 Å². The van der Waals surface area contributed by atoms with E-state index in [0.717, 1.165) is 6.42 Å². The normalized spacial score (nSPS) is 13.3. The Hall–Kier alpha value is -1.47. The molecule has 0 spiro atoms. The molecule has 0 N–H and O–H groups in total. The average molecular weight is 475 g/mol. The summed E-state index contributed by atoms with van der Waals surface area (Å²) in [5.74, 6) is 9.27. The van der Waals surface area contributed by atoms with Crippen molar-refractivity contribution in [3.63, 3.8) is 0 Å². The van der Waals surface area contributed by atoms with Crippen molar-refractivity contribution in [3.8, 4) is 0 Å². The van der Waals surface area contributed by atoms with Gasteiger partial charge in [-0.05, 0) is 49.8 Å². The zero-order chi connectivity index (χ0) is 26.0. The van der Waals surface area contributed by atoms with Crippen LogP contribution >= 0.6 is 9.21 Å². The van der Waals surface area contributed by atoms with E-state index in [1.54, 1.807) is 0 Å². The number of hydrogen-bond acceptors (Lipinski definition) is 0. The summed E-state index contributed by atoms with van der Waals surface area (Å²) >= 11 is 0. The number of hydrogen-bond donors (Lipinski definition) is 0. The van der Waals surface area contributed by atoms with Gasteiger partial charge in [-0.3, -0.25) is 0 Å². The standard InChI is InChI=1S/C15H18.C8H18S.C7H16.C2H6/c1-4-6-14(7-5-2)10-11-15-9-8-13(3)12-15;1-5-6-7-8-9(2,3)4;1-3-5-7-6-4-2;1-2/h4-11H,1,12H2,2-3H3;2-3,5-8H2,1,4H3;3-7H2,1-2H3;1-2H3/b7-5-,11-10+,14-6+;;;. The summed E-state index contributed by atoms with van der Waals surface area (Å²) in [5, 5.41) is 0. The second-order valence-electron chi connectivity index (χ2n) is 8.62. The van der Waals surface area contributed by atoms with Gasteiger partial charge in [-0.2, -0.15) is 0 Å². The van der Waals surface area contributed by atoms with Gasteiger partial charge in [0.1, 0.15) is 0 Å². The molecule has 0 aromatic carbocycles. The Morgan fingerprint density at radius 2 is 1.45 bits per heavy atom. The maximum atomic E-state index is 4.01. The molecular formula is C32H58S. The van der Waals surface area contributed by atoms with Gasteiger partial charge in [0.2, 0.25) is 0 Å². The van der Waals surface area contributed by atoms with Crippen molar-refractivity contribution in [3.05, 3.63) is 71.9 Å². The third-order valence-corrected chi connectivity index (χ3v) is 5.95. The van der Waals surface area contributed by atoms with Crippen LogP contribution in [-0.4, -0.2) is 23.7 Å². The Morgan fingerprint density at radius 1 is 0.909 bits per heavy atom. The van der Waals surface area contributed by atoms with Gasteiger partial charge in [0.05, 0.1) is 0 Å². The fraction of sp³-hybridized carbons (Fsp3) is 0.562. The monoisotopic (exact) mass is 474 g/mol. The summed E-state index contributed by atoms with van der Waals surface area (Å²) in [6, 6.07) is 0. The highest BCUT2D eigenvalue weighted by atomic mass is 32.2. The van der Waals surface area contributed by atoms with Crippen molar-refractivity contribution in [1.82, 2.24) is 0 Å². The molecule has 33 heavy (non-hydrogen) atoms. The van der Waals surface area contributed by atoms with Crippen LogP contribution in [0.3, 0.4) is 0 Å². The molecule has 0 nitrogen and oxygen atoms in total. The minimum Gasteiger partial charge on any atom is -0.217 e. The van der Waals surface area contributed by atoms with E-state index in [9.17, 15) is 0 Å². The molecule has 0 heterocycles. The van der Waals surface area contributed by atoms with Crippen LogP contribution in [0.4, 0.5) is 0 Å². The van der Waals surface area contributed by atoms with Crippen molar-refractivity contribution >= 4 is 20.9 Å². The maximum absolute atomic E-state index is 4.01. The van der Waals surface area contributed by atoms with Crippen LogP contribution in [-0.2, 0) is 0 Å². The van der Waals surface area contributed by atoms with Crippen LogP contribution < -0.4 is 0 Å². The van der Waals surface area contributed by atoms with Crippen LogP contribution in [0.5, 0.6) is 0 Å². The quantitative estimate of drug-likeness (QED) is 0.150. The van der Waals surface area contributed by atoms with Crippen LogP contribution in [0.1, 0.15) is 106 Å². The lowest BCUT2D eigenvalue weighted by Crippen LogP contribution is -1.84. The van der Waals surface area contributed by atoms with E-state index in [4.69, 9.17) is 0 Å². The van der Waals surface area contributed by atoms with Crippen molar-refractivity contribution in [2.24, 2.45) is 0 Å². The van der Waals surface area contributed by atoms with Crippen molar-refractivity contribution in [2.45, 2.75) is 106 Å². The molecule has 1 rings (SSSR count). The van der Waals surface area contributed by atoms with Gasteiger partial charge in [0.15, 0.2) is 0 Å². The molecule has 0 fully saturated rings. The number of unbranched alkanes of at least 4 members (excludes halogenated alkanes) is 6. The van der Waals surface area contributed by atoms with E-state index in [1.807, 2.05) is 39.0 Å². The highest BCUT2D eigenvalue weighted by Crippen LogP contribution is 2.19. The third-order valence-electron chi connectivity index (χ3n) is 4.67. The lowest BCUT2D eigenvalue weighted by atomic mass is 10.1. The van der Waals surface area contributed by atoms with Gasteiger partial charge in [-0.1, -0.05) is 152 Å². The molecule has 1 aliphatic rings. The van der Waals surface area contributed by atoms with Gasteiger partial charge in [0, 0.05) is 0 Å². The van der Waals surface area contributed by atoms with E-state index in [-0.39, 0.29) is 0 Å². The SMILES string of the molecule is C=C/C=C(\C=C/C)/C=C/C1=CC=C(C)C1.C=S(=C)(C)CCCCC.CC.CCCCCCC. The summed E-state index contributed by atoms with van der Waals surface area (Å²) < 4.78 is 0. The minimum atomic E-state index is -0.696. The smallest absolute Gasteiger partial charge is 0.00668 e. The van der Waals surface area contributed by atoms with Gasteiger partial charge < -0.3 is 0 Å². The first-order valence-corrected chi connectivity index (χ1v) is 15.7. The lowest BCUT2D eigenvalue weighted by molar-refractivity contribution is 0.656. The summed E-state index contributed by atoms with van der Waals surface area (Å²) in [7, 11) is -0.696. The molecule has 192 valence electrons. The van der Waals surface area contributed by atoms with E-state index >= 15 is 0 Å². The Labute approximate surface area is 210 Å². The molecular weight excluding hydrogens is 416 g/mol. The molecule has 0 radical (unpaired) electrons. The molecule has 0 saturated heterocycles. The fourth-order valence-electron chi connectivity index (χ4n) is 2.88. The summed E-state index contributed by atoms with van der Waals surface area (Å²) in [4.78, 5) is 0. The predicted molar refractivity (Wildman–Crippen MR) is 167 cm³/mol. The van der Waals surface area contributed by atoms with Crippen LogP contribution in [0.2, 0.25) is 0 Å². The molecule has 0 amide bonds. The van der Waals surface area contributed by atoms with E-state index < -0.39 is 9.21 Å².